The molecule has 6 nitrogen and oxygen atoms in total. The molecule has 1 saturated heterocycles. The lowest BCUT2D eigenvalue weighted by molar-refractivity contribution is 0.242. The van der Waals surface area contributed by atoms with E-state index >= 15 is 0 Å². The van der Waals surface area contributed by atoms with Crippen LogP contribution >= 0.6 is 0 Å². The Morgan fingerprint density at radius 3 is 2.31 bits per heavy atom. The van der Waals surface area contributed by atoms with Crippen LogP contribution in [0.15, 0.2) is 47.5 Å². The van der Waals surface area contributed by atoms with Crippen molar-refractivity contribution >= 4 is 21.5 Å². The Balaban J connectivity index is 1.68. The van der Waals surface area contributed by atoms with Gasteiger partial charge in [-0.1, -0.05) is 0 Å². The van der Waals surface area contributed by atoms with Crippen LogP contribution < -0.4 is 14.4 Å². The highest BCUT2D eigenvalue weighted by Crippen LogP contribution is 2.22. The summed E-state index contributed by atoms with van der Waals surface area (Å²) in [5, 5.41) is 0. The highest BCUT2D eigenvalue weighted by atomic mass is 32.2. The van der Waals surface area contributed by atoms with Crippen molar-refractivity contribution in [1.82, 2.24) is 4.98 Å². The summed E-state index contributed by atoms with van der Waals surface area (Å²) in [6, 6.07) is 10.0. The second kappa shape index (κ2) is 7.95. The van der Waals surface area contributed by atoms with Gasteiger partial charge in [0.15, 0.2) is 0 Å². The molecule has 0 unspecified atom stereocenters. The molecule has 1 aromatic carbocycles. The van der Waals surface area contributed by atoms with Gasteiger partial charge in [0.1, 0.15) is 11.6 Å². The SMILES string of the molecule is CC(C)Oc1ccc(S(=O)(=O)Nc2ccc(N3CCCCC3)nc2)cc1. The standard InChI is InChI=1S/C19H25N3O3S/c1-15(2)25-17-7-9-18(10-8-17)26(23,24)21-16-6-11-19(20-14-16)22-12-4-3-5-13-22/h6-11,14-15,21H,3-5,12-13H2,1-2H3. The number of sulfonamides is 1. The molecule has 1 fully saturated rings. The zero-order valence-corrected chi connectivity index (χ0v) is 16.0. The molecule has 0 aliphatic carbocycles. The maximum absolute atomic E-state index is 12.5. The summed E-state index contributed by atoms with van der Waals surface area (Å²) in [4.78, 5) is 6.83. The lowest BCUT2D eigenvalue weighted by Crippen LogP contribution is -2.30. The molecule has 26 heavy (non-hydrogen) atoms. The lowest BCUT2D eigenvalue weighted by Gasteiger charge is -2.27. The third kappa shape index (κ3) is 4.66. The smallest absolute Gasteiger partial charge is 0.261 e. The van der Waals surface area contributed by atoms with Gasteiger partial charge in [-0.15, -0.1) is 0 Å². The van der Waals surface area contributed by atoms with Crippen LogP contribution in [-0.2, 0) is 10.0 Å². The number of anilines is 2. The van der Waals surface area contributed by atoms with Crippen LogP contribution in [0.25, 0.3) is 0 Å². The van der Waals surface area contributed by atoms with Gasteiger partial charge in [0, 0.05) is 13.1 Å². The van der Waals surface area contributed by atoms with Crippen LogP contribution in [-0.4, -0.2) is 32.6 Å². The first kappa shape index (κ1) is 18.5. The molecule has 1 aromatic heterocycles. The minimum Gasteiger partial charge on any atom is -0.491 e. The topological polar surface area (TPSA) is 71.5 Å². The molecule has 0 bridgehead atoms. The predicted molar refractivity (Wildman–Crippen MR) is 103 cm³/mol. The first-order valence-electron chi connectivity index (χ1n) is 8.94. The van der Waals surface area contributed by atoms with E-state index in [9.17, 15) is 8.42 Å². The summed E-state index contributed by atoms with van der Waals surface area (Å²) in [5.74, 6) is 1.54. The largest absolute Gasteiger partial charge is 0.491 e. The lowest BCUT2D eigenvalue weighted by atomic mass is 10.1. The Labute approximate surface area is 155 Å². The van der Waals surface area contributed by atoms with Crippen LogP contribution in [0.4, 0.5) is 11.5 Å². The van der Waals surface area contributed by atoms with Crippen molar-refractivity contribution in [3.05, 3.63) is 42.6 Å². The summed E-state index contributed by atoms with van der Waals surface area (Å²) in [6.07, 6.45) is 5.21. The van der Waals surface area contributed by atoms with Gasteiger partial charge >= 0.3 is 0 Å². The van der Waals surface area contributed by atoms with Gasteiger partial charge in [0.2, 0.25) is 0 Å². The minimum atomic E-state index is -3.66. The molecule has 0 atom stereocenters. The fourth-order valence-electron chi connectivity index (χ4n) is 2.94. The average Bonchev–Trinajstić information content (AvgIpc) is 2.63. The Morgan fingerprint density at radius 2 is 1.73 bits per heavy atom. The van der Waals surface area contributed by atoms with E-state index in [0.717, 1.165) is 18.9 Å². The minimum absolute atomic E-state index is 0.0417. The number of nitrogens with one attached hydrogen (secondary N) is 1. The van der Waals surface area contributed by atoms with Gasteiger partial charge in [-0.2, -0.15) is 0 Å². The van der Waals surface area contributed by atoms with Crippen molar-refractivity contribution < 1.29 is 13.2 Å². The molecule has 0 saturated carbocycles. The Kier molecular flexibility index (Phi) is 5.66. The molecule has 2 aromatic rings. The molecule has 1 aliphatic rings. The first-order valence-corrected chi connectivity index (χ1v) is 10.4. The molecule has 0 radical (unpaired) electrons. The fourth-order valence-corrected chi connectivity index (χ4v) is 3.98. The quantitative estimate of drug-likeness (QED) is 0.834. The Bertz CT molecular complexity index is 812. The van der Waals surface area contributed by atoms with Crippen molar-refractivity contribution in [3.63, 3.8) is 0 Å². The normalized spacial score (nSPS) is 15.1. The Morgan fingerprint density at radius 1 is 1.04 bits per heavy atom. The average molecular weight is 375 g/mol. The van der Waals surface area contributed by atoms with Gasteiger partial charge in [-0.25, -0.2) is 13.4 Å². The summed E-state index contributed by atoms with van der Waals surface area (Å²) in [5.41, 5.74) is 0.452. The highest BCUT2D eigenvalue weighted by Gasteiger charge is 2.16. The van der Waals surface area contributed by atoms with Crippen LogP contribution in [0.2, 0.25) is 0 Å². The van der Waals surface area contributed by atoms with Crippen molar-refractivity contribution in [2.75, 3.05) is 22.7 Å². The van der Waals surface area contributed by atoms with E-state index in [1.54, 1.807) is 24.4 Å². The van der Waals surface area contributed by atoms with Crippen LogP contribution in [0.3, 0.4) is 0 Å². The summed E-state index contributed by atoms with van der Waals surface area (Å²) >= 11 is 0. The molecule has 2 heterocycles. The molecule has 3 rings (SSSR count). The molecule has 0 amide bonds. The van der Waals surface area contributed by atoms with Gasteiger partial charge in [-0.3, -0.25) is 4.72 Å². The first-order chi connectivity index (χ1) is 12.4. The number of aromatic nitrogens is 1. The molecule has 7 heteroatoms. The number of hydrogen-bond acceptors (Lipinski definition) is 5. The van der Waals surface area contributed by atoms with Crippen molar-refractivity contribution in [1.29, 1.82) is 0 Å². The van der Waals surface area contributed by atoms with Crippen molar-refractivity contribution in [2.24, 2.45) is 0 Å². The van der Waals surface area contributed by atoms with E-state index in [-0.39, 0.29) is 11.0 Å². The molecular formula is C19H25N3O3S. The third-order valence-corrected chi connectivity index (χ3v) is 5.58. The predicted octanol–water partition coefficient (Wildman–Crippen LogP) is 3.66. The maximum Gasteiger partial charge on any atom is 0.261 e. The number of benzene rings is 1. The number of piperidine rings is 1. The summed E-state index contributed by atoms with van der Waals surface area (Å²) in [7, 11) is -3.66. The van der Waals surface area contributed by atoms with Gasteiger partial charge in [0.25, 0.3) is 10.0 Å². The second-order valence-corrected chi connectivity index (χ2v) is 8.38. The molecule has 140 valence electrons. The third-order valence-electron chi connectivity index (χ3n) is 4.19. The number of hydrogen-bond donors (Lipinski definition) is 1. The zero-order valence-electron chi connectivity index (χ0n) is 15.2. The monoisotopic (exact) mass is 375 g/mol. The van der Waals surface area contributed by atoms with Gasteiger partial charge in [0.05, 0.1) is 22.9 Å². The van der Waals surface area contributed by atoms with Crippen molar-refractivity contribution in [3.8, 4) is 5.75 Å². The second-order valence-electron chi connectivity index (χ2n) is 6.70. The van der Waals surface area contributed by atoms with E-state index in [0.29, 0.717) is 11.4 Å². The number of rotatable bonds is 6. The van der Waals surface area contributed by atoms with E-state index in [1.165, 1.54) is 31.4 Å². The van der Waals surface area contributed by atoms with Crippen LogP contribution in [0, 0.1) is 0 Å². The maximum atomic E-state index is 12.5. The van der Waals surface area contributed by atoms with E-state index in [4.69, 9.17) is 4.74 Å². The number of ether oxygens (including phenoxy) is 1. The van der Waals surface area contributed by atoms with Gasteiger partial charge in [-0.05, 0) is 69.5 Å². The highest BCUT2D eigenvalue weighted by molar-refractivity contribution is 7.92. The summed E-state index contributed by atoms with van der Waals surface area (Å²) in [6.45, 7) is 5.85. The van der Waals surface area contributed by atoms with E-state index in [1.807, 2.05) is 19.9 Å². The number of nitrogens with zero attached hydrogens (tertiary/aromatic N) is 2. The molecule has 1 N–H and O–H groups in total. The summed E-state index contributed by atoms with van der Waals surface area (Å²) < 4.78 is 33.2. The molecule has 1 aliphatic heterocycles. The van der Waals surface area contributed by atoms with Gasteiger partial charge < -0.3 is 9.64 Å². The fraction of sp³-hybridized carbons (Fsp3) is 0.421. The van der Waals surface area contributed by atoms with Crippen LogP contribution in [0.5, 0.6) is 5.75 Å². The van der Waals surface area contributed by atoms with Crippen LogP contribution in [0.1, 0.15) is 33.1 Å². The van der Waals surface area contributed by atoms with Crippen molar-refractivity contribution in [2.45, 2.75) is 44.1 Å². The molecule has 0 spiro atoms. The Hall–Kier alpha value is -2.28. The molecular weight excluding hydrogens is 350 g/mol. The van der Waals surface area contributed by atoms with E-state index < -0.39 is 10.0 Å². The van der Waals surface area contributed by atoms with E-state index in [2.05, 4.69) is 14.6 Å². The number of pyridine rings is 1. The zero-order chi connectivity index (χ0) is 18.6.